The van der Waals surface area contributed by atoms with Crippen molar-refractivity contribution in [2.75, 3.05) is 25.0 Å². The number of anilines is 1. The van der Waals surface area contributed by atoms with Crippen molar-refractivity contribution < 1.29 is 18.0 Å². The van der Waals surface area contributed by atoms with Crippen LogP contribution in [0, 0.1) is 17.2 Å². The van der Waals surface area contributed by atoms with Gasteiger partial charge >= 0.3 is 6.18 Å². The van der Waals surface area contributed by atoms with Gasteiger partial charge in [-0.2, -0.15) is 18.4 Å². The van der Waals surface area contributed by atoms with E-state index in [0.717, 1.165) is 31.5 Å². The first-order chi connectivity index (χ1) is 10.9. The highest BCUT2D eigenvalue weighted by Crippen LogP contribution is 2.29. The number of piperidine rings is 1. The highest BCUT2D eigenvalue weighted by molar-refractivity contribution is 5.91. The average molecular weight is 326 g/mol. The van der Waals surface area contributed by atoms with Gasteiger partial charge in [0, 0.05) is 25.7 Å². The van der Waals surface area contributed by atoms with Gasteiger partial charge in [0.05, 0.1) is 17.6 Å². The van der Waals surface area contributed by atoms with Gasteiger partial charge in [0.1, 0.15) is 5.82 Å². The van der Waals surface area contributed by atoms with Crippen LogP contribution < -0.4 is 5.32 Å². The topological polar surface area (TPSA) is 69.0 Å². The maximum atomic E-state index is 12.5. The average Bonchev–Trinajstić information content (AvgIpc) is 2.53. The van der Waals surface area contributed by atoms with Crippen molar-refractivity contribution in [1.29, 1.82) is 5.26 Å². The van der Waals surface area contributed by atoms with E-state index in [1.807, 2.05) is 0 Å². The van der Waals surface area contributed by atoms with Gasteiger partial charge in [-0.1, -0.05) is 0 Å². The van der Waals surface area contributed by atoms with E-state index in [2.05, 4.69) is 21.3 Å². The number of alkyl halides is 3. The summed E-state index contributed by atoms with van der Waals surface area (Å²) in [4.78, 5) is 17.9. The Kier molecular flexibility index (Phi) is 5.55. The van der Waals surface area contributed by atoms with Crippen LogP contribution in [-0.2, 0) is 11.0 Å². The monoisotopic (exact) mass is 326 g/mol. The largest absolute Gasteiger partial charge is 0.417 e. The Morgan fingerprint density at radius 1 is 1.48 bits per heavy atom. The van der Waals surface area contributed by atoms with Crippen LogP contribution in [0.3, 0.4) is 0 Å². The SMILES string of the molecule is N#CCCN1CCCC(C(=O)Nc2ccc(C(F)(F)F)cn2)C1. The highest BCUT2D eigenvalue weighted by atomic mass is 19.4. The summed E-state index contributed by atoms with van der Waals surface area (Å²) < 4.78 is 37.4. The molecule has 5 nitrogen and oxygen atoms in total. The lowest BCUT2D eigenvalue weighted by Gasteiger charge is -2.31. The van der Waals surface area contributed by atoms with Crippen molar-refractivity contribution in [3.05, 3.63) is 23.9 Å². The van der Waals surface area contributed by atoms with E-state index in [0.29, 0.717) is 25.7 Å². The minimum Gasteiger partial charge on any atom is -0.310 e. The lowest BCUT2D eigenvalue weighted by atomic mass is 9.97. The van der Waals surface area contributed by atoms with Crippen molar-refractivity contribution >= 4 is 11.7 Å². The predicted octanol–water partition coefficient (Wildman–Crippen LogP) is 2.66. The van der Waals surface area contributed by atoms with E-state index in [-0.39, 0.29) is 17.6 Å². The molecule has 0 radical (unpaired) electrons. The molecule has 1 atom stereocenters. The standard InChI is InChI=1S/C15H17F3N4O/c16-15(17,18)12-4-5-13(20-9-12)21-14(23)11-3-1-7-22(10-11)8-2-6-19/h4-5,9,11H,1-3,7-8,10H2,(H,20,21,23). The number of pyridine rings is 1. The van der Waals surface area contributed by atoms with Crippen LogP contribution in [0.1, 0.15) is 24.8 Å². The van der Waals surface area contributed by atoms with E-state index in [1.54, 1.807) is 0 Å². The fourth-order valence-electron chi connectivity index (χ4n) is 2.54. The summed E-state index contributed by atoms with van der Waals surface area (Å²) in [7, 11) is 0. The second kappa shape index (κ2) is 7.42. The smallest absolute Gasteiger partial charge is 0.310 e. The first kappa shape index (κ1) is 17.2. The van der Waals surface area contributed by atoms with Gasteiger partial charge in [-0.25, -0.2) is 4.98 Å². The van der Waals surface area contributed by atoms with Crippen molar-refractivity contribution in [3.63, 3.8) is 0 Å². The molecule has 1 fully saturated rings. The Morgan fingerprint density at radius 2 is 2.26 bits per heavy atom. The third-order valence-electron chi connectivity index (χ3n) is 3.76. The fraction of sp³-hybridized carbons (Fsp3) is 0.533. The summed E-state index contributed by atoms with van der Waals surface area (Å²) in [5, 5.41) is 11.2. The van der Waals surface area contributed by atoms with Crippen molar-refractivity contribution in [2.45, 2.75) is 25.4 Å². The van der Waals surface area contributed by atoms with Gasteiger partial charge in [0.2, 0.25) is 5.91 Å². The number of hydrogen-bond donors (Lipinski definition) is 1. The molecule has 2 heterocycles. The molecule has 2 rings (SSSR count). The summed E-state index contributed by atoms with van der Waals surface area (Å²) in [5.74, 6) is -0.386. The number of likely N-dealkylation sites (tertiary alicyclic amines) is 1. The quantitative estimate of drug-likeness (QED) is 0.923. The summed E-state index contributed by atoms with van der Waals surface area (Å²) in [6, 6.07) is 4.11. The van der Waals surface area contributed by atoms with E-state index in [1.165, 1.54) is 0 Å². The Bertz CT molecular complexity index is 580. The lowest BCUT2D eigenvalue weighted by Crippen LogP contribution is -2.41. The van der Waals surface area contributed by atoms with Gasteiger partial charge < -0.3 is 10.2 Å². The summed E-state index contributed by atoms with van der Waals surface area (Å²) in [6.45, 7) is 2.02. The molecule has 0 aliphatic carbocycles. The van der Waals surface area contributed by atoms with Gasteiger partial charge in [-0.05, 0) is 31.5 Å². The molecule has 124 valence electrons. The van der Waals surface area contributed by atoms with Gasteiger partial charge in [-0.15, -0.1) is 0 Å². The molecule has 0 bridgehead atoms. The van der Waals surface area contributed by atoms with Crippen LogP contribution in [0.15, 0.2) is 18.3 Å². The second-order valence-electron chi connectivity index (χ2n) is 5.47. The highest BCUT2D eigenvalue weighted by Gasteiger charge is 2.31. The number of amides is 1. The molecule has 8 heteroatoms. The Balaban J connectivity index is 1.92. The van der Waals surface area contributed by atoms with Crippen LogP contribution in [0.4, 0.5) is 19.0 Å². The Morgan fingerprint density at radius 3 is 2.87 bits per heavy atom. The van der Waals surface area contributed by atoms with E-state index in [4.69, 9.17) is 5.26 Å². The molecule has 1 N–H and O–H groups in total. The zero-order chi connectivity index (χ0) is 16.9. The number of hydrogen-bond acceptors (Lipinski definition) is 4. The van der Waals surface area contributed by atoms with Crippen molar-refractivity contribution in [1.82, 2.24) is 9.88 Å². The molecule has 1 aliphatic rings. The van der Waals surface area contributed by atoms with Gasteiger partial charge in [0.25, 0.3) is 0 Å². The zero-order valence-corrected chi connectivity index (χ0v) is 12.4. The van der Waals surface area contributed by atoms with Crippen LogP contribution in [0.5, 0.6) is 0 Å². The first-order valence-corrected chi connectivity index (χ1v) is 7.33. The number of nitriles is 1. The number of halogens is 3. The maximum absolute atomic E-state index is 12.5. The number of rotatable bonds is 4. The zero-order valence-electron chi connectivity index (χ0n) is 12.4. The molecule has 1 unspecified atom stereocenters. The number of carbonyl (C=O) groups excluding carboxylic acids is 1. The number of nitrogens with one attached hydrogen (secondary N) is 1. The maximum Gasteiger partial charge on any atom is 0.417 e. The second-order valence-corrected chi connectivity index (χ2v) is 5.47. The third kappa shape index (κ3) is 4.93. The summed E-state index contributed by atoms with van der Waals surface area (Å²) in [5.41, 5.74) is -0.851. The first-order valence-electron chi connectivity index (χ1n) is 7.33. The lowest BCUT2D eigenvalue weighted by molar-refractivity contribution is -0.137. The summed E-state index contributed by atoms with van der Waals surface area (Å²) >= 11 is 0. The molecule has 1 aromatic rings. The molecule has 1 amide bonds. The number of nitrogens with zero attached hydrogens (tertiary/aromatic N) is 3. The third-order valence-corrected chi connectivity index (χ3v) is 3.76. The Hall–Kier alpha value is -2.14. The van der Waals surface area contributed by atoms with E-state index >= 15 is 0 Å². The minimum absolute atomic E-state index is 0.108. The van der Waals surface area contributed by atoms with Crippen LogP contribution >= 0.6 is 0 Å². The minimum atomic E-state index is -4.44. The van der Waals surface area contributed by atoms with Gasteiger partial charge in [0.15, 0.2) is 0 Å². The van der Waals surface area contributed by atoms with Crippen LogP contribution in [-0.4, -0.2) is 35.4 Å². The van der Waals surface area contributed by atoms with Crippen LogP contribution in [0.2, 0.25) is 0 Å². The molecule has 1 saturated heterocycles. The normalized spacial score (nSPS) is 19.1. The van der Waals surface area contributed by atoms with Crippen molar-refractivity contribution in [3.8, 4) is 6.07 Å². The predicted molar refractivity (Wildman–Crippen MR) is 77.3 cm³/mol. The van der Waals surface area contributed by atoms with Crippen LogP contribution in [0.25, 0.3) is 0 Å². The molecular weight excluding hydrogens is 309 g/mol. The fourth-order valence-corrected chi connectivity index (χ4v) is 2.54. The van der Waals surface area contributed by atoms with E-state index < -0.39 is 11.7 Å². The number of aromatic nitrogens is 1. The molecular formula is C15H17F3N4O. The molecule has 0 aromatic carbocycles. The molecule has 0 spiro atoms. The molecule has 0 saturated carbocycles. The van der Waals surface area contributed by atoms with E-state index in [9.17, 15) is 18.0 Å². The van der Waals surface area contributed by atoms with Gasteiger partial charge in [-0.3, -0.25) is 4.79 Å². The van der Waals surface area contributed by atoms with Crippen molar-refractivity contribution in [2.24, 2.45) is 5.92 Å². The summed E-state index contributed by atoms with van der Waals surface area (Å²) in [6.07, 6.45) is -1.76. The Labute approximate surface area is 132 Å². The number of carbonyl (C=O) groups is 1. The molecule has 23 heavy (non-hydrogen) atoms. The molecule has 1 aromatic heterocycles. The molecule has 1 aliphatic heterocycles.